The maximum atomic E-state index is 7.07. The molecule has 1 aliphatic heterocycles. The van der Waals surface area contributed by atoms with Crippen molar-refractivity contribution in [3.63, 3.8) is 0 Å². The molecule has 0 bridgehead atoms. The van der Waals surface area contributed by atoms with Crippen LogP contribution >= 0.6 is 31.9 Å². The number of ether oxygens (including phenoxy) is 1. The lowest BCUT2D eigenvalue weighted by Gasteiger charge is -2.42. The van der Waals surface area contributed by atoms with E-state index < -0.39 is 0 Å². The van der Waals surface area contributed by atoms with Crippen molar-refractivity contribution >= 4 is 31.9 Å². The van der Waals surface area contributed by atoms with Crippen molar-refractivity contribution in [2.24, 2.45) is 0 Å². The average molecular weight is 809 g/mol. The van der Waals surface area contributed by atoms with Gasteiger partial charge in [0.15, 0.2) is 9.34 Å². The Morgan fingerprint density at radius 2 is 0.800 bits per heavy atom. The van der Waals surface area contributed by atoms with E-state index in [-0.39, 0.29) is 5.41 Å². The topological polar surface area (TPSA) is 35.5 Å². The predicted molar refractivity (Wildman–Crippen MR) is 217 cm³/mol. The summed E-state index contributed by atoms with van der Waals surface area (Å²) in [6.45, 7) is 4.60. The first kappa shape index (κ1) is 39.0. The van der Waals surface area contributed by atoms with E-state index in [4.69, 9.17) is 13.6 Å². The van der Waals surface area contributed by atoms with Crippen molar-refractivity contribution in [3.05, 3.63) is 81.1 Å². The first-order valence-electron chi connectivity index (χ1n) is 20.0. The van der Waals surface area contributed by atoms with Gasteiger partial charge in [-0.3, -0.25) is 0 Å². The van der Waals surface area contributed by atoms with E-state index in [1.54, 1.807) is 0 Å². The molecule has 0 N–H and O–H groups in total. The maximum Gasteiger partial charge on any atom is 0.169 e. The monoisotopic (exact) mass is 806 g/mol. The molecule has 0 aliphatic carbocycles. The number of benzene rings is 2. The van der Waals surface area contributed by atoms with Crippen LogP contribution < -0.4 is 4.74 Å². The molecule has 0 saturated heterocycles. The number of fused-ring (bicyclic) bond motifs is 2. The second kappa shape index (κ2) is 20.7. The van der Waals surface area contributed by atoms with Gasteiger partial charge in [-0.2, -0.15) is 0 Å². The third-order valence-corrected chi connectivity index (χ3v) is 11.7. The highest BCUT2D eigenvalue weighted by molar-refractivity contribution is 9.10. The maximum absolute atomic E-state index is 7.07. The minimum atomic E-state index is -0.150. The van der Waals surface area contributed by atoms with Crippen molar-refractivity contribution in [2.75, 3.05) is 0 Å². The van der Waals surface area contributed by atoms with Gasteiger partial charge in [-0.25, -0.2) is 0 Å². The molecule has 0 saturated carbocycles. The van der Waals surface area contributed by atoms with E-state index in [0.717, 1.165) is 56.3 Å². The molecule has 2 aromatic carbocycles. The van der Waals surface area contributed by atoms with E-state index in [0.29, 0.717) is 0 Å². The van der Waals surface area contributed by atoms with Crippen LogP contribution in [-0.2, 0) is 5.41 Å². The van der Waals surface area contributed by atoms with Crippen LogP contribution in [0.4, 0.5) is 0 Å². The average Bonchev–Trinajstić information content (AvgIpc) is 3.77. The van der Waals surface area contributed by atoms with Crippen molar-refractivity contribution in [3.8, 4) is 34.1 Å². The SMILES string of the molecule is CCCCCCCCCCCCC1(CCCCCCCCCCCC)c2cccc(-c3ccc(Br)o3)c2Oc2c(-c3ccc(Br)o3)cccc21. The van der Waals surface area contributed by atoms with Gasteiger partial charge in [-0.1, -0.05) is 167 Å². The zero-order valence-electron chi connectivity index (χ0n) is 30.8. The molecule has 0 spiro atoms. The summed E-state index contributed by atoms with van der Waals surface area (Å²) in [5.41, 5.74) is 4.47. The van der Waals surface area contributed by atoms with Crippen LogP contribution in [-0.4, -0.2) is 0 Å². The van der Waals surface area contributed by atoms with E-state index in [1.807, 2.05) is 24.3 Å². The van der Waals surface area contributed by atoms with E-state index in [9.17, 15) is 0 Å². The molecular weight excluding hydrogens is 748 g/mol. The molecule has 50 heavy (non-hydrogen) atoms. The van der Waals surface area contributed by atoms with E-state index in [2.05, 4.69) is 82.1 Å². The first-order valence-corrected chi connectivity index (χ1v) is 21.6. The highest BCUT2D eigenvalue weighted by Crippen LogP contribution is 2.58. The number of rotatable bonds is 24. The summed E-state index contributed by atoms with van der Waals surface area (Å²) in [5.74, 6) is 3.50. The minimum Gasteiger partial charge on any atom is -0.455 e. The van der Waals surface area contributed by atoms with Gasteiger partial charge in [0, 0.05) is 16.5 Å². The van der Waals surface area contributed by atoms with Crippen LogP contribution in [0.3, 0.4) is 0 Å². The number of unbranched alkanes of at least 4 members (excludes halogenated alkanes) is 18. The Labute approximate surface area is 319 Å². The number of hydrogen-bond acceptors (Lipinski definition) is 3. The molecule has 5 heteroatoms. The fraction of sp³-hybridized carbons (Fsp3) is 0.556. The van der Waals surface area contributed by atoms with Crippen molar-refractivity contribution in [2.45, 2.75) is 161 Å². The lowest BCUT2D eigenvalue weighted by Crippen LogP contribution is -2.32. The smallest absolute Gasteiger partial charge is 0.169 e. The van der Waals surface area contributed by atoms with Gasteiger partial charge in [0.05, 0.1) is 11.1 Å². The van der Waals surface area contributed by atoms with Crippen molar-refractivity contribution in [1.82, 2.24) is 0 Å². The van der Waals surface area contributed by atoms with E-state index in [1.165, 1.54) is 140 Å². The molecule has 272 valence electrons. The van der Waals surface area contributed by atoms with Crippen LogP contribution in [0.1, 0.15) is 166 Å². The predicted octanol–water partition coefficient (Wildman–Crippen LogP) is 16.7. The largest absolute Gasteiger partial charge is 0.455 e. The molecule has 0 atom stereocenters. The van der Waals surface area contributed by atoms with Gasteiger partial charge < -0.3 is 13.6 Å². The standard InChI is InChI=1S/C45H60Br2O3/c1-3-5-7-9-11-13-15-17-19-21-33-45(34-22-20-18-16-14-12-10-8-6-4-2)37-27-23-25-35(39-29-31-41(46)48-39)43(37)50-44-36(26-24-28-38(44)45)40-30-32-42(47)49-40/h23-32H,3-22,33-34H2,1-2H3. The van der Waals surface area contributed by atoms with Gasteiger partial charge in [0.2, 0.25) is 0 Å². The fourth-order valence-electron chi connectivity index (χ4n) is 8.09. The molecule has 4 aromatic rings. The Hall–Kier alpha value is -2.24. The molecular formula is C45H60Br2O3. The zero-order valence-corrected chi connectivity index (χ0v) is 34.0. The van der Waals surface area contributed by atoms with Crippen LogP contribution in [0.5, 0.6) is 11.5 Å². The third kappa shape index (κ3) is 10.4. The Bertz CT molecular complexity index is 1450. The second-order valence-electron chi connectivity index (χ2n) is 14.6. The molecule has 2 aromatic heterocycles. The fourth-order valence-corrected chi connectivity index (χ4v) is 8.71. The normalized spacial score (nSPS) is 13.3. The number of para-hydroxylation sites is 2. The van der Waals surface area contributed by atoms with Crippen LogP contribution in [0.15, 0.2) is 78.8 Å². The van der Waals surface area contributed by atoms with Crippen molar-refractivity contribution in [1.29, 1.82) is 0 Å². The summed E-state index contributed by atoms with van der Waals surface area (Å²) in [6, 6.07) is 21.4. The quantitative estimate of drug-likeness (QED) is 0.0662. The van der Waals surface area contributed by atoms with Crippen LogP contribution in [0, 0.1) is 0 Å². The number of hydrogen-bond donors (Lipinski definition) is 0. The molecule has 5 rings (SSSR count). The summed E-state index contributed by atoms with van der Waals surface area (Å²) in [5, 5.41) is 0. The van der Waals surface area contributed by atoms with Gasteiger partial charge in [-0.15, -0.1) is 0 Å². The summed E-state index contributed by atoms with van der Waals surface area (Å²) >= 11 is 7.09. The summed E-state index contributed by atoms with van der Waals surface area (Å²) in [4.78, 5) is 0. The Morgan fingerprint density at radius 3 is 1.14 bits per heavy atom. The van der Waals surface area contributed by atoms with Gasteiger partial charge >= 0.3 is 0 Å². The molecule has 0 amide bonds. The molecule has 1 aliphatic rings. The summed E-state index contributed by atoms with van der Waals surface area (Å²) < 4.78 is 20.8. The van der Waals surface area contributed by atoms with Crippen molar-refractivity contribution < 1.29 is 13.6 Å². The lowest BCUT2D eigenvalue weighted by atomic mass is 9.65. The summed E-state index contributed by atoms with van der Waals surface area (Å²) in [6.07, 6.45) is 29.0. The molecule has 0 radical (unpaired) electrons. The first-order chi connectivity index (χ1) is 24.6. The Morgan fingerprint density at radius 1 is 0.440 bits per heavy atom. The molecule has 3 heterocycles. The number of furan rings is 2. The van der Waals surface area contributed by atoms with Gasteiger partial charge in [0.25, 0.3) is 0 Å². The highest BCUT2D eigenvalue weighted by Gasteiger charge is 2.43. The highest BCUT2D eigenvalue weighted by atomic mass is 79.9. The van der Waals surface area contributed by atoms with Gasteiger partial charge in [0.1, 0.15) is 23.0 Å². The third-order valence-electron chi connectivity index (χ3n) is 10.9. The zero-order chi connectivity index (χ0) is 35.0. The second-order valence-corrected chi connectivity index (χ2v) is 16.2. The summed E-state index contributed by atoms with van der Waals surface area (Å²) in [7, 11) is 0. The molecule has 3 nitrogen and oxygen atoms in total. The Balaban J connectivity index is 1.41. The Kier molecular flexibility index (Phi) is 16.1. The molecule has 0 fully saturated rings. The van der Waals surface area contributed by atoms with Gasteiger partial charge in [-0.05, 0) is 81.1 Å². The van der Waals surface area contributed by atoms with E-state index >= 15 is 0 Å². The van der Waals surface area contributed by atoms with Crippen LogP contribution in [0.2, 0.25) is 0 Å². The van der Waals surface area contributed by atoms with Crippen LogP contribution in [0.25, 0.3) is 22.6 Å². The lowest BCUT2D eigenvalue weighted by molar-refractivity contribution is 0.337. The molecule has 0 unspecified atom stereocenters. The number of halogens is 2. The minimum absolute atomic E-state index is 0.150.